The molecule has 0 aliphatic carbocycles. The number of benzene rings is 1. The Balaban J connectivity index is 1.81. The standard InChI is InChI=1S/C19H24N2O2S/c1-2-3-8-15-21-18-11-5-4-10-17(18)19(22,24(21)23)13-12-16-9-6-7-14-20-16/h4-7,9-11,14,22H,2-3,8,12-13,15H2,1H3. The monoisotopic (exact) mass is 344 g/mol. The number of unbranched alkanes of at least 4 members (excludes halogenated alkanes) is 2. The number of aromatic nitrogens is 1. The highest BCUT2D eigenvalue weighted by Gasteiger charge is 2.54. The molecule has 2 aromatic rings. The zero-order chi connectivity index (χ0) is 17.0. The average Bonchev–Trinajstić information content (AvgIpc) is 2.84. The van der Waals surface area contributed by atoms with Crippen molar-refractivity contribution in [3.8, 4) is 0 Å². The first-order valence-electron chi connectivity index (χ1n) is 8.58. The van der Waals surface area contributed by atoms with Crippen molar-refractivity contribution >= 4 is 17.0 Å². The largest absolute Gasteiger partial charge is 0.590 e. The van der Waals surface area contributed by atoms with Crippen LogP contribution in [0.15, 0.2) is 48.7 Å². The van der Waals surface area contributed by atoms with Crippen LogP contribution in [-0.2, 0) is 22.7 Å². The van der Waals surface area contributed by atoms with Gasteiger partial charge in [-0.05, 0) is 37.1 Å². The van der Waals surface area contributed by atoms with E-state index < -0.39 is 16.3 Å². The summed E-state index contributed by atoms with van der Waals surface area (Å²) in [5.41, 5.74) is 2.58. The normalized spacial score (nSPS) is 22.6. The van der Waals surface area contributed by atoms with Gasteiger partial charge in [-0.3, -0.25) is 4.98 Å². The van der Waals surface area contributed by atoms with Crippen LogP contribution in [-0.4, -0.2) is 21.2 Å². The van der Waals surface area contributed by atoms with Crippen LogP contribution in [0.1, 0.15) is 43.9 Å². The Morgan fingerprint density at radius 2 is 1.96 bits per heavy atom. The van der Waals surface area contributed by atoms with Crippen molar-refractivity contribution in [2.45, 2.75) is 44.0 Å². The maximum Gasteiger partial charge on any atom is 0.277 e. The van der Waals surface area contributed by atoms with Crippen LogP contribution in [0.25, 0.3) is 0 Å². The molecule has 1 aliphatic heterocycles. The first kappa shape index (κ1) is 17.3. The van der Waals surface area contributed by atoms with Crippen LogP contribution in [0, 0.1) is 0 Å². The Kier molecular flexibility index (Phi) is 5.43. The molecule has 128 valence electrons. The van der Waals surface area contributed by atoms with Gasteiger partial charge < -0.3 is 9.66 Å². The molecule has 24 heavy (non-hydrogen) atoms. The summed E-state index contributed by atoms with van der Waals surface area (Å²) in [5.74, 6) is 0. The lowest BCUT2D eigenvalue weighted by Gasteiger charge is -2.27. The topological polar surface area (TPSA) is 59.4 Å². The number of fused-ring (bicyclic) bond motifs is 1. The van der Waals surface area contributed by atoms with E-state index in [4.69, 9.17) is 0 Å². The number of aliphatic hydroxyl groups is 1. The first-order valence-corrected chi connectivity index (χ1v) is 9.69. The molecule has 0 spiro atoms. The van der Waals surface area contributed by atoms with E-state index >= 15 is 0 Å². The van der Waals surface area contributed by atoms with Crippen LogP contribution in [0.3, 0.4) is 0 Å². The van der Waals surface area contributed by atoms with Crippen LogP contribution in [0.2, 0.25) is 0 Å². The summed E-state index contributed by atoms with van der Waals surface area (Å²) >= 11 is -1.48. The number of hydrogen-bond donors (Lipinski definition) is 1. The Hall–Kier alpha value is -1.56. The second kappa shape index (κ2) is 7.55. The first-order chi connectivity index (χ1) is 11.7. The fourth-order valence-corrected chi connectivity index (χ4v) is 4.80. The summed E-state index contributed by atoms with van der Waals surface area (Å²) in [6.07, 6.45) is 5.94. The number of nitrogens with zero attached hydrogens (tertiary/aromatic N) is 2. The van der Waals surface area contributed by atoms with Crippen LogP contribution in [0.5, 0.6) is 0 Å². The summed E-state index contributed by atoms with van der Waals surface area (Å²) in [5, 5.41) is 11.2. The third-order valence-electron chi connectivity index (χ3n) is 4.49. The molecule has 0 radical (unpaired) electrons. The number of aryl methyl sites for hydroxylation is 1. The molecule has 2 atom stereocenters. The maximum atomic E-state index is 13.1. The quantitative estimate of drug-likeness (QED) is 0.616. The fourth-order valence-electron chi connectivity index (χ4n) is 3.16. The lowest BCUT2D eigenvalue weighted by molar-refractivity contribution is 0.118. The van der Waals surface area contributed by atoms with Crippen molar-refractivity contribution in [3.63, 3.8) is 0 Å². The van der Waals surface area contributed by atoms with Gasteiger partial charge in [0.05, 0.1) is 17.8 Å². The summed E-state index contributed by atoms with van der Waals surface area (Å²) in [6, 6.07) is 13.4. The summed E-state index contributed by atoms with van der Waals surface area (Å²) in [7, 11) is 0. The molecule has 3 rings (SSSR count). The zero-order valence-electron chi connectivity index (χ0n) is 14.0. The van der Waals surface area contributed by atoms with Gasteiger partial charge in [-0.2, -0.15) is 4.31 Å². The molecule has 1 aliphatic rings. The van der Waals surface area contributed by atoms with Gasteiger partial charge in [0.2, 0.25) is 0 Å². The zero-order valence-corrected chi connectivity index (χ0v) is 14.8. The molecule has 0 amide bonds. The van der Waals surface area contributed by atoms with Crippen LogP contribution >= 0.6 is 0 Å². The predicted octanol–water partition coefficient (Wildman–Crippen LogP) is 3.53. The molecular formula is C19H24N2O2S. The highest BCUT2D eigenvalue weighted by Crippen LogP contribution is 2.47. The van der Waals surface area contributed by atoms with Crippen molar-refractivity contribution in [1.29, 1.82) is 0 Å². The van der Waals surface area contributed by atoms with Gasteiger partial charge in [-0.15, -0.1) is 0 Å². The SMILES string of the molecule is CCCCCN1c2ccccc2C(O)(CCc2ccccn2)[S+]1[O-]. The average molecular weight is 344 g/mol. The van der Waals surface area contributed by atoms with Crippen LogP contribution in [0.4, 0.5) is 5.69 Å². The molecule has 0 saturated carbocycles. The lowest BCUT2D eigenvalue weighted by Crippen LogP contribution is -2.40. The number of pyridine rings is 1. The van der Waals surface area contributed by atoms with E-state index in [9.17, 15) is 9.66 Å². The minimum absolute atomic E-state index is 0.401. The highest BCUT2D eigenvalue weighted by atomic mass is 32.2. The molecule has 2 unspecified atom stereocenters. The number of hydrogen-bond acceptors (Lipinski definition) is 4. The number of rotatable bonds is 7. The Labute approximate surface area is 146 Å². The van der Waals surface area contributed by atoms with Gasteiger partial charge in [0.25, 0.3) is 4.93 Å². The molecule has 0 bridgehead atoms. The van der Waals surface area contributed by atoms with E-state index in [0.717, 1.165) is 36.2 Å². The van der Waals surface area contributed by atoms with Gasteiger partial charge in [0.1, 0.15) is 11.4 Å². The Morgan fingerprint density at radius 3 is 2.71 bits per heavy atom. The van der Waals surface area contributed by atoms with Crippen molar-refractivity contribution in [2.75, 3.05) is 10.8 Å². The molecule has 2 heterocycles. The Morgan fingerprint density at radius 1 is 1.17 bits per heavy atom. The number of anilines is 1. The van der Waals surface area contributed by atoms with E-state index in [2.05, 4.69) is 11.9 Å². The van der Waals surface area contributed by atoms with Crippen molar-refractivity contribution < 1.29 is 9.66 Å². The third-order valence-corrected chi connectivity index (χ3v) is 6.27. The van der Waals surface area contributed by atoms with Gasteiger partial charge in [0.15, 0.2) is 0 Å². The number of para-hydroxylation sites is 1. The minimum Gasteiger partial charge on any atom is -0.590 e. The van der Waals surface area contributed by atoms with E-state index in [1.807, 2.05) is 46.8 Å². The lowest BCUT2D eigenvalue weighted by atomic mass is 10.0. The van der Waals surface area contributed by atoms with Gasteiger partial charge in [0, 0.05) is 18.3 Å². The minimum atomic E-state index is -1.48. The van der Waals surface area contributed by atoms with E-state index in [-0.39, 0.29) is 0 Å². The molecule has 1 N–H and O–H groups in total. The van der Waals surface area contributed by atoms with Gasteiger partial charge in [-0.25, -0.2) is 0 Å². The second-order valence-electron chi connectivity index (χ2n) is 6.18. The van der Waals surface area contributed by atoms with Gasteiger partial charge in [-0.1, -0.05) is 38.0 Å². The molecule has 0 fully saturated rings. The maximum absolute atomic E-state index is 13.1. The van der Waals surface area contributed by atoms with E-state index in [1.54, 1.807) is 6.20 Å². The van der Waals surface area contributed by atoms with Gasteiger partial charge >= 0.3 is 0 Å². The summed E-state index contributed by atoms with van der Waals surface area (Å²) < 4.78 is 14.9. The smallest absolute Gasteiger partial charge is 0.277 e. The van der Waals surface area contributed by atoms with Crippen LogP contribution < -0.4 is 4.31 Å². The highest BCUT2D eigenvalue weighted by molar-refractivity contribution is 7.94. The molecule has 0 saturated heterocycles. The fraction of sp³-hybridized carbons (Fsp3) is 0.421. The molecule has 4 nitrogen and oxygen atoms in total. The van der Waals surface area contributed by atoms with E-state index in [0.29, 0.717) is 19.4 Å². The summed E-state index contributed by atoms with van der Waals surface area (Å²) in [4.78, 5) is 2.97. The van der Waals surface area contributed by atoms with Crippen molar-refractivity contribution in [1.82, 2.24) is 4.98 Å². The molecule has 1 aromatic heterocycles. The summed E-state index contributed by atoms with van der Waals surface area (Å²) in [6.45, 7) is 2.86. The third kappa shape index (κ3) is 3.29. The van der Waals surface area contributed by atoms with Crippen molar-refractivity contribution in [2.24, 2.45) is 0 Å². The molecular weight excluding hydrogens is 320 g/mol. The van der Waals surface area contributed by atoms with E-state index in [1.165, 1.54) is 0 Å². The Bertz CT molecular complexity index is 667. The molecule has 5 heteroatoms. The predicted molar refractivity (Wildman–Crippen MR) is 97.9 cm³/mol. The molecule has 1 aromatic carbocycles. The second-order valence-corrected chi connectivity index (χ2v) is 7.80. The van der Waals surface area contributed by atoms with Crippen molar-refractivity contribution in [3.05, 3.63) is 59.9 Å².